The van der Waals surface area contributed by atoms with Gasteiger partial charge in [-0.15, -0.1) is 0 Å². The first-order valence-corrected chi connectivity index (χ1v) is 4.69. The minimum atomic E-state index is -0.609. The fourth-order valence-corrected chi connectivity index (χ4v) is 1.67. The van der Waals surface area contributed by atoms with E-state index in [0.717, 1.165) is 25.9 Å². The van der Waals surface area contributed by atoms with E-state index in [1.807, 2.05) is 0 Å². The monoisotopic (exact) mass is 189 g/mol. The van der Waals surface area contributed by atoms with Gasteiger partial charge in [0.05, 0.1) is 5.60 Å². The number of hydrogen-bond acceptors (Lipinski definition) is 4. The van der Waals surface area contributed by atoms with Crippen LogP contribution in [-0.2, 0) is 9.47 Å². The maximum Gasteiger partial charge on any atom is 0.159 e. The molecule has 0 saturated carbocycles. The number of ether oxygens (including phenoxy) is 2. The predicted octanol–water partition coefficient (Wildman–Crippen LogP) is 0.110. The smallest absolute Gasteiger partial charge is 0.159 e. The molecule has 1 rings (SSSR count). The van der Waals surface area contributed by atoms with Gasteiger partial charge in [-0.2, -0.15) is 0 Å². The first kappa shape index (κ1) is 10.9. The van der Waals surface area contributed by atoms with Crippen molar-refractivity contribution < 1.29 is 14.6 Å². The number of rotatable bonds is 4. The zero-order valence-electron chi connectivity index (χ0n) is 8.38. The molecule has 1 aliphatic heterocycles. The lowest BCUT2D eigenvalue weighted by Crippen LogP contribution is -2.44. The van der Waals surface area contributed by atoms with Crippen molar-refractivity contribution in [3.63, 3.8) is 0 Å². The van der Waals surface area contributed by atoms with Gasteiger partial charge in [0.25, 0.3) is 0 Å². The summed E-state index contributed by atoms with van der Waals surface area (Å²) in [6, 6.07) is 0. The highest BCUT2D eigenvalue weighted by Crippen LogP contribution is 2.24. The lowest BCUT2D eigenvalue weighted by atomic mass is 9.89. The van der Waals surface area contributed by atoms with Crippen molar-refractivity contribution in [2.24, 2.45) is 0 Å². The third-order valence-corrected chi connectivity index (χ3v) is 2.61. The third kappa shape index (κ3) is 3.23. The van der Waals surface area contributed by atoms with Crippen molar-refractivity contribution in [1.82, 2.24) is 5.32 Å². The van der Waals surface area contributed by atoms with Crippen LogP contribution in [0.15, 0.2) is 0 Å². The van der Waals surface area contributed by atoms with Gasteiger partial charge >= 0.3 is 0 Å². The number of hydrogen-bond donors (Lipinski definition) is 2. The molecule has 0 amide bonds. The van der Waals surface area contributed by atoms with E-state index in [1.165, 1.54) is 0 Å². The van der Waals surface area contributed by atoms with Gasteiger partial charge in [0, 0.05) is 20.6 Å². The van der Waals surface area contributed by atoms with Gasteiger partial charge in [-0.05, 0) is 25.9 Å². The minimum Gasteiger partial charge on any atom is -0.390 e. The van der Waals surface area contributed by atoms with Gasteiger partial charge < -0.3 is 19.9 Å². The van der Waals surface area contributed by atoms with Crippen LogP contribution < -0.4 is 5.32 Å². The molecule has 1 aliphatic rings. The van der Waals surface area contributed by atoms with E-state index >= 15 is 0 Å². The van der Waals surface area contributed by atoms with Crippen molar-refractivity contribution in [2.75, 3.05) is 27.3 Å². The Morgan fingerprint density at radius 2 is 1.85 bits per heavy atom. The molecule has 0 aromatic carbocycles. The molecule has 0 aromatic heterocycles. The highest BCUT2D eigenvalue weighted by molar-refractivity contribution is 4.84. The Kier molecular flexibility index (Phi) is 4.12. The summed E-state index contributed by atoms with van der Waals surface area (Å²) in [6.45, 7) is 1.74. The Morgan fingerprint density at radius 3 is 2.31 bits per heavy atom. The molecule has 0 bridgehead atoms. The average Bonchev–Trinajstić information content (AvgIpc) is 2.15. The van der Waals surface area contributed by atoms with Crippen molar-refractivity contribution in [3.05, 3.63) is 0 Å². The second kappa shape index (κ2) is 4.91. The summed E-state index contributed by atoms with van der Waals surface area (Å²) in [6.07, 6.45) is 1.82. The molecular formula is C9H19NO3. The Bertz CT molecular complexity index is 142. The molecule has 0 radical (unpaired) electrons. The summed E-state index contributed by atoms with van der Waals surface area (Å²) in [5.74, 6) is 0. The van der Waals surface area contributed by atoms with E-state index in [9.17, 15) is 5.11 Å². The maximum absolute atomic E-state index is 10.1. The summed E-state index contributed by atoms with van der Waals surface area (Å²) < 4.78 is 10.1. The molecule has 2 N–H and O–H groups in total. The summed E-state index contributed by atoms with van der Waals surface area (Å²) in [7, 11) is 3.19. The lowest BCUT2D eigenvalue weighted by molar-refractivity contribution is -0.148. The Balaban J connectivity index is 2.39. The molecule has 0 spiro atoms. The topological polar surface area (TPSA) is 50.7 Å². The number of piperidine rings is 1. The first-order chi connectivity index (χ1) is 6.20. The van der Waals surface area contributed by atoms with Crippen LogP contribution in [0.2, 0.25) is 0 Å². The zero-order chi connectivity index (χ0) is 9.73. The highest BCUT2D eigenvalue weighted by Gasteiger charge is 2.32. The van der Waals surface area contributed by atoms with Crippen molar-refractivity contribution in [2.45, 2.75) is 31.2 Å². The fraction of sp³-hybridized carbons (Fsp3) is 1.00. The summed E-state index contributed by atoms with van der Waals surface area (Å²) >= 11 is 0. The molecule has 4 heteroatoms. The predicted molar refractivity (Wildman–Crippen MR) is 49.5 cm³/mol. The molecule has 1 heterocycles. The molecule has 1 fully saturated rings. The molecule has 0 aromatic rings. The number of aliphatic hydroxyl groups is 1. The molecule has 0 unspecified atom stereocenters. The van der Waals surface area contributed by atoms with Crippen LogP contribution in [0, 0.1) is 0 Å². The van der Waals surface area contributed by atoms with Crippen molar-refractivity contribution in [3.8, 4) is 0 Å². The molecule has 1 saturated heterocycles. The Hall–Kier alpha value is -0.160. The van der Waals surface area contributed by atoms with Gasteiger partial charge in [-0.1, -0.05) is 0 Å². The van der Waals surface area contributed by atoms with E-state index in [4.69, 9.17) is 9.47 Å². The van der Waals surface area contributed by atoms with Gasteiger partial charge in [-0.3, -0.25) is 0 Å². The molecular weight excluding hydrogens is 170 g/mol. The third-order valence-electron chi connectivity index (χ3n) is 2.61. The van der Waals surface area contributed by atoms with Crippen LogP contribution in [-0.4, -0.2) is 44.3 Å². The second-order valence-electron chi connectivity index (χ2n) is 3.58. The quantitative estimate of drug-likeness (QED) is 0.616. The summed E-state index contributed by atoms with van der Waals surface area (Å²) in [4.78, 5) is 0. The average molecular weight is 189 g/mol. The second-order valence-corrected chi connectivity index (χ2v) is 3.58. The van der Waals surface area contributed by atoms with Crippen LogP contribution in [0.25, 0.3) is 0 Å². The zero-order valence-corrected chi connectivity index (χ0v) is 8.38. The molecule has 13 heavy (non-hydrogen) atoms. The normalized spacial score (nSPS) is 22.2. The highest BCUT2D eigenvalue weighted by atomic mass is 16.7. The summed E-state index contributed by atoms with van der Waals surface area (Å²) in [5.41, 5.74) is -0.609. The molecule has 0 atom stereocenters. The van der Waals surface area contributed by atoms with E-state index in [1.54, 1.807) is 14.2 Å². The number of methoxy groups -OCH3 is 2. The van der Waals surface area contributed by atoms with Gasteiger partial charge in [0.1, 0.15) is 0 Å². The molecule has 0 aliphatic carbocycles. The van der Waals surface area contributed by atoms with Crippen LogP contribution in [0.1, 0.15) is 19.3 Å². The largest absolute Gasteiger partial charge is 0.390 e. The van der Waals surface area contributed by atoms with Crippen LogP contribution in [0.4, 0.5) is 0 Å². The van der Waals surface area contributed by atoms with Gasteiger partial charge in [-0.25, -0.2) is 0 Å². The molecule has 4 nitrogen and oxygen atoms in total. The van der Waals surface area contributed by atoms with E-state index < -0.39 is 5.60 Å². The standard InChI is InChI=1S/C9H19NO3/c1-12-8(13-2)7-9(11)3-5-10-6-4-9/h8,10-11H,3-7H2,1-2H3. The maximum atomic E-state index is 10.1. The Labute approximate surface area is 79.2 Å². The lowest BCUT2D eigenvalue weighted by Gasteiger charge is -2.34. The van der Waals surface area contributed by atoms with Gasteiger partial charge in [0.2, 0.25) is 0 Å². The van der Waals surface area contributed by atoms with Crippen molar-refractivity contribution >= 4 is 0 Å². The van der Waals surface area contributed by atoms with E-state index in [2.05, 4.69) is 5.32 Å². The fourth-order valence-electron chi connectivity index (χ4n) is 1.67. The van der Waals surface area contributed by atoms with Gasteiger partial charge in [0.15, 0.2) is 6.29 Å². The SMILES string of the molecule is COC(CC1(O)CCNCC1)OC. The van der Waals surface area contributed by atoms with E-state index in [0.29, 0.717) is 6.42 Å². The molecule has 78 valence electrons. The van der Waals surface area contributed by atoms with Crippen LogP contribution >= 0.6 is 0 Å². The van der Waals surface area contributed by atoms with E-state index in [-0.39, 0.29) is 6.29 Å². The minimum absolute atomic E-state index is 0.289. The first-order valence-electron chi connectivity index (χ1n) is 4.69. The van der Waals surface area contributed by atoms with Crippen molar-refractivity contribution in [1.29, 1.82) is 0 Å². The number of nitrogens with one attached hydrogen (secondary N) is 1. The summed E-state index contributed by atoms with van der Waals surface area (Å²) in [5, 5.41) is 13.3. The van der Waals surface area contributed by atoms with Crippen LogP contribution in [0.3, 0.4) is 0 Å². The Morgan fingerprint density at radius 1 is 1.31 bits per heavy atom. The van der Waals surface area contributed by atoms with Crippen LogP contribution in [0.5, 0.6) is 0 Å².